The summed E-state index contributed by atoms with van der Waals surface area (Å²) in [5.74, 6) is 2.51. The van der Waals surface area contributed by atoms with E-state index in [-0.39, 0.29) is 5.41 Å². The quantitative estimate of drug-likeness (QED) is 0.745. The molecule has 1 aromatic rings. The van der Waals surface area contributed by atoms with E-state index in [4.69, 9.17) is 16.6 Å². The number of alkyl halides is 1. The number of hydrogen-bond donors (Lipinski definition) is 0. The Morgan fingerprint density at radius 3 is 2.70 bits per heavy atom. The van der Waals surface area contributed by atoms with Crippen molar-refractivity contribution in [2.24, 2.45) is 5.92 Å². The van der Waals surface area contributed by atoms with Gasteiger partial charge >= 0.3 is 0 Å². The molecule has 2 rings (SSSR count). The molecule has 1 saturated heterocycles. The maximum atomic E-state index is 6.06. The minimum absolute atomic E-state index is 0.0688. The smallest absolute Gasteiger partial charge is 0.129 e. The molecule has 2 heterocycles. The number of rotatable bonds is 4. The zero-order valence-electron chi connectivity index (χ0n) is 13.2. The molecule has 0 aromatic carbocycles. The highest BCUT2D eigenvalue weighted by atomic mass is 35.5. The predicted octanol–water partition coefficient (Wildman–Crippen LogP) is 4.74. The van der Waals surface area contributed by atoms with Crippen molar-refractivity contribution in [2.75, 3.05) is 18.0 Å². The van der Waals surface area contributed by atoms with E-state index in [2.05, 4.69) is 44.7 Å². The average Bonchev–Trinajstić information content (AvgIpc) is 2.86. The molecule has 20 heavy (non-hydrogen) atoms. The molecule has 1 aliphatic rings. The lowest BCUT2D eigenvalue weighted by atomic mass is 9.91. The third-order valence-electron chi connectivity index (χ3n) is 4.10. The molecule has 0 spiro atoms. The van der Waals surface area contributed by atoms with Crippen LogP contribution < -0.4 is 4.90 Å². The first-order valence-corrected chi connectivity index (χ1v) is 8.30. The van der Waals surface area contributed by atoms with Gasteiger partial charge in [-0.3, -0.25) is 0 Å². The number of nitrogens with zero attached hydrogens (tertiary/aromatic N) is 2. The molecule has 0 N–H and O–H groups in total. The highest BCUT2D eigenvalue weighted by Crippen LogP contribution is 2.29. The number of hydrogen-bond acceptors (Lipinski definition) is 2. The second kappa shape index (κ2) is 6.34. The van der Waals surface area contributed by atoms with Gasteiger partial charge in [0.1, 0.15) is 5.82 Å². The van der Waals surface area contributed by atoms with Gasteiger partial charge in [0.25, 0.3) is 0 Å². The van der Waals surface area contributed by atoms with Gasteiger partial charge in [0.2, 0.25) is 0 Å². The van der Waals surface area contributed by atoms with E-state index >= 15 is 0 Å². The number of aromatic nitrogens is 1. The first-order valence-electron chi connectivity index (χ1n) is 7.76. The van der Waals surface area contributed by atoms with Gasteiger partial charge in [0, 0.05) is 30.1 Å². The van der Waals surface area contributed by atoms with Crippen LogP contribution in [0.15, 0.2) is 12.1 Å². The number of anilines is 1. The number of pyridine rings is 1. The van der Waals surface area contributed by atoms with Crippen LogP contribution >= 0.6 is 11.6 Å². The summed E-state index contributed by atoms with van der Waals surface area (Å²) in [6.07, 6.45) is 3.91. The van der Waals surface area contributed by atoms with Crippen LogP contribution in [0, 0.1) is 5.92 Å². The third kappa shape index (κ3) is 3.66. The lowest BCUT2D eigenvalue weighted by molar-refractivity contribution is 0.529. The molecule has 0 aliphatic carbocycles. The molecule has 0 amide bonds. The molecular formula is C17H27ClN2. The first kappa shape index (κ1) is 15.6. The second-order valence-corrected chi connectivity index (χ2v) is 7.26. The highest BCUT2D eigenvalue weighted by molar-refractivity contribution is 6.17. The van der Waals surface area contributed by atoms with Crippen molar-refractivity contribution in [2.45, 2.75) is 58.3 Å². The fraction of sp³-hybridized carbons (Fsp3) is 0.706. The minimum Gasteiger partial charge on any atom is -0.356 e. The van der Waals surface area contributed by atoms with Gasteiger partial charge in [-0.1, -0.05) is 34.1 Å². The van der Waals surface area contributed by atoms with E-state index in [0.717, 1.165) is 30.5 Å². The molecule has 1 aromatic heterocycles. The van der Waals surface area contributed by atoms with Crippen molar-refractivity contribution >= 4 is 17.4 Å². The molecule has 1 atom stereocenters. The Morgan fingerprint density at radius 1 is 1.35 bits per heavy atom. The zero-order chi connectivity index (χ0) is 14.8. The molecule has 0 bridgehead atoms. The summed E-state index contributed by atoms with van der Waals surface area (Å²) in [5, 5.41) is 0. The SMILES string of the molecule is CCCC1CCN(c2cc(CCl)cc(C(C)(C)C)n2)C1. The Morgan fingerprint density at radius 2 is 2.10 bits per heavy atom. The molecular weight excluding hydrogens is 268 g/mol. The van der Waals surface area contributed by atoms with Gasteiger partial charge in [-0.05, 0) is 36.5 Å². The first-order chi connectivity index (χ1) is 9.44. The van der Waals surface area contributed by atoms with Crippen LogP contribution in [0.1, 0.15) is 58.2 Å². The molecule has 2 nitrogen and oxygen atoms in total. The van der Waals surface area contributed by atoms with Crippen LogP contribution in [0.25, 0.3) is 0 Å². The van der Waals surface area contributed by atoms with Crippen molar-refractivity contribution in [3.63, 3.8) is 0 Å². The van der Waals surface area contributed by atoms with Gasteiger partial charge in [0.15, 0.2) is 0 Å². The second-order valence-electron chi connectivity index (χ2n) is 6.99. The van der Waals surface area contributed by atoms with Crippen LogP contribution in [0.3, 0.4) is 0 Å². The monoisotopic (exact) mass is 294 g/mol. The van der Waals surface area contributed by atoms with Gasteiger partial charge in [-0.15, -0.1) is 11.6 Å². The molecule has 1 unspecified atom stereocenters. The van der Waals surface area contributed by atoms with Gasteiger partial charge in [-0.25, -0.2) is 4.98 Å². The molecule has 0 radical (unpaired) electrons. The average molecular weight is 295 g/mol. The summed E-state index contributed by atoms with van der Waals surface area (Å²) >= 11 is 6.06. The Labute approximate surface area is 128 Å². The summed E-state index contributed by atoms with van der Waals surface area (Å²) in [7, 11) is 0. The van der Waals surface area contributed by atoms with Crippen LogP contribution in [0.5, 0.6) is 0 Å². The van der Waals surface area contributed by atoms with Crippen molar-refractivity contribution < 1.29 is 0 Å². The van der Waals surface area contributed by atoms with Crippen molar-refractivity contribution in [1.29, 1.82) is 0 Å². The van der Waals surface area contributed by atoms with E-state index in [1.807, 2.05) is 0 Å². The summed E-state index contributed by atoms with van der Waals surface area (Å²) in [4.78, 5) is 7.33. The van der Waals surface area contributed by atoms with E-state index in [1.165, 1.54) is 24.8 Å². The maximum Gasteiger partial charge on any atom is 0.129 e. The Bertz CT molecular complexity index is 451. The standard InChI is InChI=1S/C17H27ClN2/c1-5-6-13-7-8-20(12-13)16-10-14(11-18)9-15(19-16)17(2,3)4/h9-10,13H,5-8,11-12H2,1-4H3. The molecule has 1 fully saturated rings. The van der Waals surface area contributed by atoms with E-state index < -0.39 is 0 Å². The van der Waals surface area contributed by atoms with Crippen LogP contribution in [-0.4, -0.2) is 18.1 Å². The minimum atomic E-state index is 0.0688. The highest BCUT2D eigenvalue weighted by Gasteiger charge is 2.24. The lowest BCUT2D eigenvalue weighted by Crippen LogP contribution is -2.23. The summed E-state index contributed by atoms with van der Waals surface area (Å²) in [6, 6.07) is 4.31. The summed E-state index contributed by atoms with van der Waals surface area (Å²) < 4.78 is 0. The van der Waals surface area contributed by atoms with E-state index in [9.17, 15) is 0 Å². The predicted molar refractivity (Wildman–Crippen MR) is 87.7 cm³/mol. The van der Waals surface area contributed by atoms with Crippen molar-refractivity contribution in [3.8, 4) is 0 Å². The Hall–Kier alpha value is -0.760. The maximum absolute atomic E-state index is 6.06. The fourth-order valence-corrected chi connectivity index (χ4v) is 3.03. The largest absolute Gasteiger partial charge is 0.356 e. The topological polar surface area (TPSA) is 16.1 Å². The zero-order valence-corrected chi connectivity index (χ0v) is 14.0. The molecule has 1 aliphatic heterocycles. The van der Waals surface area contributed by atoms with Crippen LogP contribution in [0.4, 0.5) is 5.82 Å². The van der Waals surface area contributed by atoms with Gasteiger partial charge < -0.3 is 4.90 Å². The van der Waals surface area contributed by atoms with Crippen LogP contribution in [-0.2, 0) is 11.3 Å². The molecule has 3 heteroatoms. The molecule has 0 saturated carbocycles. The van der Waals surface area contributed by atoms with Gasteiger partial charge in [-0.2, -0.15) is 0 Å². The van der Waals surface area contributed by atoms with Crippen molar-refractivity contribution in [1.82, 2.24) is 4.98 Å². The Kier molecular flexibility index (Phi) is 4.95. The summed E-state index contributed by atoms with van der Waals surface area (Å²) in [6.45, 7) is 11.2. The third-order valence-corrected chi connectivity index (χ3v) is 4.41. The summed E-state index contributed by atoms with van der Waals surface area (Å²) in [5.41, 5.74) is 2.39. The Balaban J connectivity index is 2.23. The fourth-order valence-electron chi connectivity index (χ4n) is 2.88. The van der Waals surface area contributed by atoms with Crippen LogP contribution in [0.2, 0.25) is 0 Å². The van der Waals surface area contributed by atoms with Gasteiger partial charge in [0.05, 0.1) is 0 Å². The number of halogens is 1. The van der Waals surface area contributed by atoms with E-state index in [0.29, 0.717) is 5.88 Å². The van der Waals surface area contributed by atoms with E-state index in [1.54, 1.807) is 0 Å². The lowest BCUT2D eigenvalue weighted by Gasteiger charge is -2.24. The molecule has 112 valence electrons. The van der Waals surface area contributed by atoms with Crippen molar-refractivity contribution in [3.05, 3.63) is 23.4 Å². The normalized spacial score (nSPS) is 19.6.